The van der Waals surface area contributed by atoms with Crippen LogP contribution in [0.4, 0.5) is 5.95 Å². The van der Waals surface area contributed by atoms with Crippen molar-refractivity contribution in [1.82, 2.24) is 20.2 Å². The van der Waals surface area contributed by atoms with Crippen molar-refractivity contribution in [2.45, 2.75) is 13.3 Å². The zero-order chi connectivity index (χ0) is 19.3. The topological polar surface area (TPSA) is 90.8 Å². The molecule has 0 aromatic carbocycles. The van der Waals surface area contributed by atoms with Crippen molar-refractivity contribution in [2.75, 3.05) is 55.7 Å². The van der Waals surface area contributed by atoms with Gasteiger partial charge in [-0.1, -0.05) is 12.2 Å². The molecule has 3 rings (SSSR count). The first-order valence-corrected chi connectivity index (χ1v) is 11.1. The summed E-state index contributed by atoms with van der Waals surface area (Å²) in [6.45, 7) is 10.3. The van der Waals surface area contributed by atoms with Crippen molar-refractivity contribution in [3.63, 3.8) is 0 Å². The number of aliphatic imine (C=N–C) groups is 1. The lowest BCUT2D eigenvalue weighted by molar-refractivity contribution is 0.366. The van der Waals surface area contributed by atoms with Gasteiger partial charge in [-0.3, -0.25) is 0 Å². The van der Waals surface area contributed by atoms with E-state index >= 15 is 0 Å². The lowest BCUT2D eigenvalue weighted by Crippen LogP contribution is -2.53. The van der Waals surface area contributed by atoms with E-state index in [-0.39, 0.29) is 11.7 Å². The number of nitrogens with zero attached hydrogens (tertiary/aromatic N) is 5. The minimum Gasteiger partial charge on any atom is -0.356 e. The number of aromatic nitrogens is 2. The normalized spacial score (nSPS) is 22.7. The first kappa shape index (κ1) is 19.6. The number of rotatable bonds is 5. The maximum absolute atomic E-state index is 11.7. The van der Waals surface area contributed by atoms with E-state index in [1.165, 1.54) is 0 Å². The molecule has 8 nitrogen and oxygen atoms in total. The third-order valence-corrected chi connectivity index (χ3v) is 6.63. The van der Waals surface area contributed by atoms with Crippen LogP contribution in [0.15, 0.2) is 35.6 Å². The highest BCUT2D eigenvalue weighted by molar-refractivity contribution is 7.91. The van der Waals surface area contributed by atoms with Gasteiger partial charge in [-0.25, -0.2) is 23.4 Å². The molecule has 1 N–H and O–H groups in total. The first-order chi connectivity index (χ1) is 12.9. The molecule has 148 valence electrons. The van der Waals surface area contributed by atoms with Crippen LogP contribution in [0.2, 0.25) is 0 Å². The molecule has 2 aliphatic heterocycles. The second-order valence-electron chi connectivity index (χ2n) is 7.27. The zero-order valence-electron chi connectivity index (χ0n) is 15.8. The lowest BCUT2D eigenvalue weighted by atomic mass is 10.1. The Kier molecular flexibility index (Phi) is 6.30. The van der Waals surface area contributed by atoms with Gasteiger partial charge in [0.2, 0.25) is 5.95 Å². The largest absolute Gasteiger partial charge is 0.356 e. The Hall–Kier alpha value is -2.16. The summed E-state index contributed by atoms with van der Waals surface area (Å²) in [6, 6.07) is 1.81. The van der Waals surface area contributed by atoms with Gasteiger partial charge in [0, 0.05) is 45.1 Å². The molecular formula is C18H28N6O2S. The van der Waals surface area contributed by atoms with Gasteiger partial charge in [-0.2, -0.15) is 0 Å². The van der Waals surface area contributed by atoms with E-state index < -0.39 is 9.84 Å². The van der Waals surface area contributed by atoms with Crippen LogP contribution in [-0.4, -0.2) is 80.0 Å². The molecule has 0 bridgehead atoms. The second kappa shape index (κ2) is 8.69. The summed E-state index contributed by atoms with van der Waals surface area (Å²) in [5.74, 6) is 2.31. The number of anilines is 1. The number of piperazine rings is 1. The second-order valence-corrected chi connectivity index (χ2v) is 9.50. The summed E-state index contributed by atoms with van der Waals surface area (Å²) >= 11 is 0. The van der Waals surface area contributed by atoms with E-state index in [0.29, 0.717) is 18.8 Å². The molecule has 0 saturated carbocycles. The quantitative estimate of drug-likeness (QED) is 0.445. The van der Waals surface area contributed by atoms with E-state index in [0.717, 1.165) is 50.1 Å². The van der Waals surface area contributed by atoms with Crippen molar-refractivity contribution >= 4 is 21.7 Å². The Morgan fingerprint density at radius 1 is 1.30 bits per heavy atom. The first-order valence-electron chi connectivity index (χ1n) is 9.33. The van der Waals surface area contributed by atoms with Crippen LogP contribution in [0.25, 0.3) is 0 Å². The minimum absolute atomic E-state index is 0.157. The van der Waals surface area contributed by atoms with Gasteiger partial charge in [-0.15, -0.1) is 0 Å². The van der Waals surface area contributed by atoms with Gasteiger partial charge in [0.15, 0.2) is 15.8 Å². The molecule has 2 aliphatic rings. The fourth-order valence-electron chi connectivity index (χ4n) is 3.32. The molecule has 1 atom stereocenters. The summed E-state index contributed by atoms with van der Waals surface area (Å²) in [7, 11) is -2.86. The molecule has 0 amide bonds. The van der Waals surface area contributed by atoms with E-state index in [1.54, 1.807) is 12.4 Å². The SMILES string of the molecule is C=C(C)CN=C(NCC1CCS(=O)(=O)C1)N1CCN(c2ncccn2)CC1. The third-order valence-electron chi connectivity index (χ3n) is 4.79. The third kappa shape index (κ3) is 5.66. The number of guanidine groups is 1. The van der Waals surface area contributed by atoms with Crippen molar-refractivity contribution in [1.29, 1.82) is 0 Å². The smallest absolute Gasteiger partial charge is 0.225 e. The summed E-state index contributed by atoms with van der Waals surface area (Å²) in [4.78, 5) is 17.7. The van der Waals surface area contributed by atoms with E-state index in [2.05, 4.69) is 36.7 Å². The fourth-order valence-corrected chi connectivity index (χ4v) is 5.18. The molecule has 0 radical (unpaired) electrons. The summed E-state index contributed by atoms with van der Waals surface area (Å²) < 4.78 is 23.4. The molecule has 2 saturated heterocycles. The van der Waals surface area contributed by atoms with Crippen molar-refractivity contribution in [2.24, 2.45) is 10.9 Å². The molecule has 3 heterocycles. The molecule has 0 spiro atoms. The van der Waals surface area contributed by atoms with Crippen molar-refractivity contribution in [3.8, 4) is 0 Å². The Balaban J connectivity index is 1.58. The Morgan fingerprint density at radius 3 is 2.59 bits per heavy atom. The molecule has 9 heteroatoms. The van der Waals surface area contributed by atoms with Gasteiger partial charge in [0.1, 0.15) is 0 Å². The maximum atomic E-state index is 11.7. The summed E-state index contributed by atoms with van der Waals surface area (Å²) in [6.07, 6.45) is 4.24. The number of sulfone groups is 1. The standard InChI is InChI=1S/C18H28N6O2S/c1-15(2)12-21-18(22-13-16-4-11-27(25,26)14-16)24-9-7-23(8-10-24)17-19-5-3-6-20-17/h3,5-6,16H,1,4,7-14H2,2H3,(H,21,22). The highest BCUT2D eigenvalue weighted by atomic mass is 32.2. The molecular weight excluding hydrogens is 364 g/mol. The molecule has 2 fully saturated rings. The molecule has 1 unspecified atom stereocenters. The maximum Gasteiger partial charge on any atom is 0.225 e. The summed E-state index contributed by atoms with van der Waals surface area (Å²) in [5.41, 5.74) is 0.995. The highest BCUT2D eigenvalue weighted by Crippen LogP contribution is 2.17. The zero-order valence-corrected chi connectivity index (χ0v) is 16.7. The van der Waals surface area contributed by atoms with Crippen molar-refractivity contribution in [3.05, 3.63) is 30.6 Å². The van der Waals surface area contributed by atoms with Crippen LogP contribution >= 0.6 is 0 Å². The predicted molar refractivity (Wildman–Crippen MR) is 108 cm³/mol. The number of nitrogens with one attached hydrogen (secondary N) is 1. The highest BCUT2D eigenvalue weighted by Gasteiger charge is 2.28. The van der Waals surface area contributed by atoms with Crippen LogP contribution < -0.4 is 10.2 Å². The van der Waals surface area contributed by atoms with Crippen LogP contribution in [0, 0.1) is 5.92 Å². The average molecular weight is 393 g/mol. The van der Waals surface area contributed by atoms with E-state index in [4.69, 9.17) is 0 Å². The van der Waals surface area contributed by atoms with Crippen LogP contribution in [-0.2, 0) is 9.84 Å². The Bertz CT molecular complexity index is 772. The van der Waals surface area contributed by atoms with Crippen LogP contribution in [0.3, 0.4) is 0 Å². The van der Waals surface area contributed by atoms with Gasteiger partial charge >= 0.3 is 0 Å². The molecule has 1 aromatic rings. The van der Waals surface area contributed by atoms with Gasteiger partial charge < -0.3 is 15.1 Å². The monoisotopic (exact) mass is 392 g/mol. The number of hydrogen-bond donors (Lipinski definition) is 1. The van der Waals surface area contributed by atoms with Gasteiger partial charge in [-0.05, 0) is 25.3 Å². The van der Waals surface area contributed by atoms with Crippen LogP contribution in [0.1, 0.15) is 13.3 Å². The van der Waals surface area contributed by atoms with E-state index in [9.17, 15) is 8.42 Å². The van der Waals surface area contributed by atoms with Crippen LogP contribution in [0.5, 0.6) is 0 Å². The molecule has 0 aliphatic carbocycles. The van der Waals surface area contributed by atoms with E-state index in [1.807, 2.05) is 13.0 Å². The Labute approximate surface area is 161 Å². The fraction of sp³-hybridized carbons (Fsp3) is 0.611. The van der Waals surface area contributed by atoms with Crippen molar-refractivity contribution < 1.29 is 8.42 Å². The van der Waals surface area contributed by atoms with Gasteiger partial charge in [0.25, 0.3) is 0 Å². The average Bonchev–Trinajstić information content (AvgIpc) is 3.01. The predicted octanol–water partition coefficient (Wildman–Crippen LogP) is 0.555. The molecule has 1 aromatic heterocycles. The minimum atomic E-state index is -2.86. The van der Waals surface area contributed by atoms with Gasteiger partial charge in [0.05, 0.1) is 18.1 Å². The summed E-state index contributed by atoms with van der Waals surface area (Å²) in [5, 5.41) is 3.40. The lowest BCUT2D eigenvalue weighted by Gasteiger charge is -2.36. The molecule has 27 heavy (non-hydrogen) atoms. The number of hydrogen-bond acceptors (Lipinski definition) is 6. The Morgan fingerprint density at radius 2 is 2.00 bits per heavy atom.